The lowest BCUT2D eigenvalue weighted by atomic mass is 9.44. The normalized spacial score (nSPS) is 30.7. The molecular formula is C41H50N4O7S2. The molecule has 3 aliphatic carbocycles. The van der Waals surface area contributed by atoms with Crippen LogP contribution in [0.5, 0.6) is 0 Å². The third-order valence-electron chi connectivity index (χ3n) is 12.7. The number of nitrogens with zero attached hydrogens (tertiary/aromatic N) is 2. The minimum atomic E-state index is -3.95. The van der Waals surface area contributed by atoms with E-state index in [9.17, 15) is 27.9 Å². The molecule has 54 heavy (non-hydrogen) atoms. The van der Waals surface area contributed by atoms with E-state index in [2.05, 4.69) is 47.4 Å². The molecule has 13 heteroatoms. The number of ketones is 1. The maximum Gasteiger partial charge on any atom is 0.316 e. The van der Waals surface area contributed by atoms with Crippen LogP contribution in [0.15, 0.2) is 77.0 Å². The Labute approximate surface area is 322 Å². The van der Waals surface area contributed by atoms with E-state index in [0.29, 0.717) is 35.5 Å². The van der Waals surface area contributed by atoms with Crippen LogP contribution in [-0.4, -0.2) is 59.1 Å². The zero-order chi connectivity index (χ0) is 39.2. The average molecular weight is 775 g/mol. The summed E-state index contributed by atoms with van der Waals surface area (Å²) in [5.74, 6) is -0.812. The highest BCUT2D eigenvalue weighted by molar-refractivity contribution is 8.00. The van der Waals surface area contributed by atoms with E-state index >= 15 is 0 Å². The number of benzene rings is 2. The number of anilines is 2. The van der Waals surface area contributed by atoms with Gasteiger partial charge in [-0.3, -0.25) is 14.4 Å². The summed E-state index contributed by atoms with van der Waals surface area (Å²) in [6, 6.07) is 14.3. The first kappa shape index (κ1) is 39.6. The van der Waals surface area contributed by atoms with E-state index in [4.69, 9.17) is 4.74 Å². The number of ether oxygens (including phenoxy) is 1. The Morgan fingerprint density at radius 3 is 2.31 bits per heavy atom. The number of aryl methyl sites for hydroxylation is 2. The molecule has 8 atom stereocenters. The zero-order valence-corrected chi connectivity index (χ0v) is 33.4. The number of nitrogens with one attached hydrogen (secondary N) is 2. The Morgan fingerprint density at radius 1 is 1.04 bits per heavy atom. The van der Waals surface area contributed by atoms with Gasteiger partial charge in [0, 0.05) is 50.7 Å². The van der Waals surface area contributed by atoms with Gasteiger partial charge in [-0.25, -0.2) is 23.1 Å². The molecule has 3 N–H and O–H groups in total. The molecule has 0 unspecified atom stereocenters. The van der Waals surface area contributed by atoms with Gasteiger partial charge in [0.2, 0.25) is 5.95 Å². The number of aliphatic hydroxyl groups excluding tert-OH is 1. The maximum atomic E-state index is 13.7. The Bertz CT molecular complexity index is 2040. The van der Waals surface area contributed by atoms with Gasteiger partial charge in [-0.05, 0) is 111 Å². The molecule has 0 radical (unpaired) electrons. The van der Waals surface area contributed by atoms with E-state index < -0.39 is 39.0 Å². The van der Waals surface area contributed by atoms with Crippen molar-refractivity contribution in [3.05, 3.63) is 84.2 Å². The highest BCUT2D eigenvalue weighted by atomic mass is 32.2. The Kier molecular flexibility index (Phi) is 10.9. The van der Waals surface area contributed by atoms with Crippen molar-refractivity contribution in [2.75, 3.05) is 15.8 Å². The SMILES string of the molecule is C=C[C@]1(C)C[C@@H](OC(=O)CSc2ccc(C(=O)Nc3ccc(S(=O)(=O)Nc4nc(C)cc(C)n4)cc3)cc2)[C@]2(C)[C@H](C)CC[C@]3(CCC(=O)[C@H]32)[C@@H](C)[C@@H]1O. The number of amides is 1. The first-order valence-electron chi connectivity index (χ1n) is 18.4. The van der Waals surface area contributed by atoms with Gasteiger partial charge >= 0.3 is 5.97 Å². The maximum absolute atomic E-state index is 13.7. The zero-order valence-electron chi connectivity index (χ0n) is 31.7. The Morgan fingerprint density at radius 2 is 1.69 bits per heavy atom. The Balaban J connectivity index is 1.09. The summed E-state index contributed by atoms with van der Waals surface area (Å²) in [6.45, 7) is 15.9. The third kappa shape index (κ3) is 7.34. The summed E-state index contributed by atoms with van der Waals surface area (Å²) >= 11 is 1.29. The molecule has 3 aromatic rings. The molecule has 3 fully saturated rings. The molecule has 0 saturated heterocycles. The average Bonchev–Trinajstić information content (AvgIpc) is 3.48. The molecule has 2 bridgehead atoms. The fraction of sp³-hybridized carbons (Fsp3) is 0.488. The smallest absolute Gasteiger partial charge is 0.316 e. The second kappa shape index (κ2) is 14.9. The van der Waals surface area contributed by atoms with Gasteiger partial charge in [-0.15, -0.1) is 18.3 Å². The van der Waals surface area contributed by atoms with Crippen LogP contribution in [0.2, 0.25) is 0 Å². The molecular weight excluding hydrogens is 725 g/mol. The molecule has 11 nitrogen and oxygen atoms in total. The summed E-state index contributed by atoms with van der Waals surface area (Å²) in [7, 11) is -3.95. The highest BCUT2D eigenvalue weighted by Crippen LogP contribution is 2.68. The Hall–Kier alpha value is -4.07. The summed E-state index contributed by atoms with van der Waals surface area (Å²) in [5.41, 5.74) is 0.423. The van der Waals surface area contributed by atoms with Crippen LogP contribution in [0.25, 0.3) is 0 Å². The molecule has 3 aliphatic rings. The number of carbonyl (C=O) groups is 3. The minimum absolute atomic E-state index is 0.0119. The number of hydrogen-bond acceptors (Lipinski definition) is 10. The molecule has 0 spiro atoms. The van der Waals surface area contributed by atoms with E-state index in [1.54, 1.807) is 50.3 Å². The lowest BCUT2D eigenvalue weighted by Gasteiger charge is -2.61. The number of aromatic nitrogens is 2. The van der Waals surface area contributed by atoms with Gasteiger partial charge in [0.05, 0.1) is 16.8 Å². The van der Waals surface area contributed by atoms with Gasteiger partial charge in [-0.2, -0.15) is 0 Å². The number of thioether (sulfide) groups is 1. The van der Waals surface area contributed by atoms with Gasteiger partial charge < -0.3 is 15.2 Å². The van der Waals surface area contributed by atoms with Crippen molar-refractivity contribution in [3.63, 3.8) is 0 Å². The van der Waals surface area contributed by atoms with Crippen LogP contribution in [0.3, 0.4) is 0 Å². The topological polar surface area (TPSA) is 165 Å². The quantitative estimate of drug-likeness (QED) is 0.110. The lowest BCUT2D eigenvalue weighted by Crippen LogP contribution is -2.63. The van der Waals surface area contributed by atoms with Crippen LogP contribution in [0, 0.1) is 47.8 Å². The van der Waals surface area contributed by atoms with E-state index in [1.807, 2.05) is 6.92 Å². The summed E-state index contributed by atoms with van der Waals surface area (Å²) in [6.07, 6.45) is 3.86. The standard InChI is InChI=1S/C41H50N4O7S2/c1-8-39(6)22-33(40(7)24(2)17-19-41(27(5)36(39)48)20-18-32(46)35(40)41)52-34(47)23-53-30-13-9-28(10-14-30)37(49)44-29-11-15-31(16-12-29)54(50,51)45-38-42-25(3)21-26(4)43-38/h8-16,21,24,27,33,35-36,48H,1,17-20,22-23H2,2-7H3,(H,44,49)(H,42,43,45)/t24-,27+,33-,35+,36+,39-,40+,41+/m1/s1. The number of carbonyl (C=O) groups excluding carboxylic acids is 3. The van der Waals surface area contributed by atoms with Crippen molar-refractivity contribution in [2.45, 2.75) is 95.6 Å². The predicted molar refractivity (Wildman–Crippen MR) is 209 cm³/mol. The highest BCUT2D eigenvalue weighted by Gasteiger charge is 2.68. The van der Waals surface area contributed by atoms with E-state index in [-0.39, 0.29) is 51.5 Å². The first-order chi connectivity index (χ1) is 25.4. The second-order valence-corrected chi connectivity index (χ2v) is 18.7. The van der Waals surface area contributed by atoms with Crippen molar-refractivity contribution in [1.82, 2.24) is 9.97 Å². The van der Waals surface area contributed by atoms with Crippen LogP contribution < -0.4 is 10.0 Å². The number of Topliss-reactive ketones (excluding diaryl/α,β-unsaturated/α-hetero) is 1. The van der Waals surface area contributed by atoms with E-state index in [1.165, 1.54) is 36.0 Å². The molecule has 2 aromatic carbocycles. The molecule has 3 saturated carbocycles. The van der Waals surface area contributed by atoms with Gasteiger partial charge in [0.15, 0.2) is 0 Å². The number of sulfonamides is 1. The molecule has 6 rings (SSSR count). The summed E-state index contributed by atoms with van der Waals surface area (Å²) in [5, 5.41) is 14.5. The summed E-state index contributed by atoms with van der Waals surface area (Å²) < 4.78 is 34.5. The van der Waals surface area contributed by atoms with Crippen LogP contribution in [-0.2, 0) is 24.3 Å². The number of esters is 1. The fourth-order valence-corrected chi connectivity index (χ4v) is 11.0. The number of aliphatic hydroxyl groups is 1. The predicted octanol–water partition coefficient (Wildman–Crippen LogP) is 7.15. The van der Waals surface area contributed by atoms with Gasteiger partial charge in [0.1, 0.15) is 11.9 Å². The molecule has 1 amide bonds. The van der Waals surface area contributed by atoms with Crippen molar-refractivity contribution < 1.29 is 32.6 Å². The van der Waals surface area contributed by atoms with Crippen LogP contribution >= 0.6 is 11.8 Å². The summed E-state index contributed by atoms with van der Waals surface area (Å²) in [4.78, 5) is 49.3. The second-order valence-electron chi connectivity index (χ2n) is 15.9. The minimum Gasteiger partial charge on any atom is -0.461 e. The van der Waals surface area contributed by atoms with Gasteiger partial charge in [-0.1, -0.05) is 33.8 Å². The number of rotatable bonds is 10. The monoisotopic (exact) mass is 774 g/mol. The van der Waals surface area contributed by atoms with Crippen LogP contribution in [0.4, 0.5) is 11.6 Å². The molecule has 0 aliphatic heterocycles. The third-order valence-corrected chi connectivity index (χ3v) is 15.0. The number of hydrogen-bond donors (Lipinski definition) is 3. The molecule has 1 heterocycles. The van der Waals surface area contributed by atoms with Crippen molar-refractivity contribution in [2.24, 2.45) is 34.0 Å². The lowest BCUT2D eigenvalue weighted by molar-refractivity contribution is -0.205. The van der Waals surface area contributed by atoms with Crippen molar-refractivity contribution >= 4 is 51.1 Å². The van der Waals surface area contributed by atoms with Crippen molar-refractivity contribution in [3.8, 4) is 0 Å². The van der Waals surface area contributed by atoms with Crippen molar-refractivity contribution in [1.29, 1.82) is 0 Å². The first-order valence-corrected chi connectivity index (χ1v) is 20.9. The fourth-order valence-electron chi connectivity index (χ4n) is 9.41. The van der Waals surface area contributed by atoms with Crippen LogP contribution in [0.1, 0.15) is 81.5 Å². The van der Waals surface area contributed by atoms with E-state index in [0.717, 1.165) is 24.2 Å². The molecule has 288 valence electrons. The van der Waals surface area contributed by atoms with Gasteiger partial charge in [0.25, 0.3) is 15.9 Å². The largest absolute Gasteiger partial charge is 0.461 e. The molecule has 1 aromatic heterocycles.